The summed E-state index contributed by atoms with van der Waals surface area (Å²) in [6.07, 6.45) is 2.40. The Morgan fingerprint density at radius 1 is 1.06 bits per heavy atom. The molecule has 0 saturated carbocycles. The Morgan fingerprint density at radius 3 is 2.18 bits per heavy atom. The van der Waals surface area contributed by atoms with Crippen molar-refractivity contribution in [2.75, 3.05) is 13.6 Å². The topological polar surface area (TPSA) is 24.1 Å². The first kappa shape index (κ1) is 14.2. The lowest BCUT2D eigenvalue weighted by Gasteiger charge is -2.24. The van der Waals surface area contributed by atoms with Crippen LogP contribution in [0.5, 0.6) is 0 Å². The summed E-state index contributed by atoms with van der Waals surface area (Å²) in [4.78, 5) is 0. The molecule has 0 fully saturated rings. The number of nitrogens with one attached hydrogen (secondary N) is 2. The van der Waals surface area contributed by atoms with Gasteiger partial charge in [-0.15, -0.1) is 0 Å². The highest BCUT2D eigenvalue weighted by Crippen LogP contribution is 2.07. The van der Waals surface area contributed by atoms with Crippen molar-refractivity contribution >= 4 is 0 Å². The first-order chi connectivity index (χ1) is 8.07. The number of likely N-dealkylation sites (N-methyl/N-ethyl adjacent to an activating group) is 1. The first-order valence-corrected chi connectivity index (χ1v) is 6.55. The maximum Gasteiger partial charge on any atom is 0.0246 e. The van der Waals surface area contributed by atoms with Crippen LogP contribution < -0.4 is 10.6 Å². The average Bonchev–Trinajstić information content (AvgIpc) is 2.32. The molecule has 1 rings (SSSR count). The second kappa shape index (κ2) is 6.77. The second-order valence-electron chi connectivity index (χ2n) is 5.30. The van der Waals surface area contributed by atoms with Gasteiger partial charge in [-0.05, 0) is 38.4 Å². The molecule has 2 N–H and O–H groups in total. The van der Waals surface area contributed by atoms with E-state index in [1.54, 1.807) is 0 Å². The summed E-state index contributed by atoms with van der Waals surface area (Å²) < 4.78 is 0. The van der Waals surface area contributed by atoms with Crippen LogP contribution in [-0.2, 0) is 13.0 Å². The van der Waals surface area contributed by atoms with Gasteiger partial charge >= 0.3 is 0 Å². The van der Waals surface area contributed by atoms with Gasteiger partial charge in [0.05, 0.1) is 0 Å². The molecule has 96 valence electrons. The molecule has 0 bridgehead atoms. The predicted octanol–water partition coefficient (Wildman–Crippen LogP) is 2.73. The van der Waals surface area contributed by atoms with Crippen molar-refractivity contribution in [2.45, 2.75) is 45.7 Å². The van der Waals surface area contributed by atoms with Crippen LogP contribution in [0.4, 0.5) is 0 Å². The monoisotopic (exact) mass is 234 g/mol. The van der Waals surface area contributed by atoms with Gasteiger partial charge in [-0.25, -0.2) is 0 Å². The molecule has 0 spiro atoms. The third-order valence-electron chi connectivity index (χ3n) is 3.13. The van der Waals surface area contributed by atoms with Crippen LogP contribution in [0.1, 0.15) is 38.3 Å². The highest BCUT2D eigenvalue weighted by molar-refractivity contribution is 5.22. The van der Waals surface area contributed by atoms with Gasteiger partial charge in [0, 0.05) is 18.6 Å². The molecule has 0 amide bonds. The van der Waals surface area contributed by atoms with Gasteiger partial charge < -0.3 is 10.6 Å². The van der Waals surface area contributed by atoms with Gasteiger partial charge in [0.2, 0.25) is 0 Å². The predicted molar refractivity (Wildman–Crippen MR) is 75.3 cm³/mol. The minimum absolute atomic E-state index is 0.155. The molecule has 0 aliphatic carbocycles. The van der Waals surface area contributed by atoms with Crippen molar-refractivity contribution in [3.05, 3.63) is 35.4 Å². The number of benzene rings is 1. The van der Waals surface area contributed by atoms with E-state index in [0.29, 0.717) is 0 Å². The Morgan fingerprint density at radius 2 is 1.65 bits per heavy atom. The van der Waals surface area contributed by atoms with Crippen molar-refractivity contribution in [3.63, 3.8) is 0 Å². The van der Waals surface area contributed by atoms with Crippen molar-refractivity contribution in [3.8, 4) is 0 Å². The zero-order chi connectivity index (χ0) is 12.7. The first-order valence-electron chi connectivity index (χ1n) is 6.55. The van der Waals surface area contributed by atoms with Gasteiger partial charge in [-0.3, -0.25) is 0 Å². The van der Waals surface area contributed by atoms with Gasteiger partial charge in [0.25, 0.3) is 0 Å². The van der Waals surface area contributed by atoms with Crippen molar-refractivity contribution in [2.24, 2.45) is 0 Å². The molecule has 0 radical (unpaired) electrons. The molecule has 1 aromatic carbocycles. The second-order valence-corrected chi connectivity index (χ2v) is 5.30. The minimum Gasteiger partial charge on any atom is -0.314 e. The van der Waals surface area contributed by atoms with Crippen LogP contribution in [0.15, 0.2) is 24.3 Å². The molecular weight excluding hydrogens is 208 g/mol. The van der Waals surface area contributed by atoms with E-state index in [4.69, 9.17) is 0 Å². The quantitative estimate of drug-likeness (QED) is 0.758. The molecule has 17 heavy (non-hydrogen) atoms. The van der Waals surface area contributed by atoms with E-state index in [-0.39, 0.29) is 5.54 Å². The zero-order valence-corrected chi connectivity index (χ0v) is 11.6. The van der Waals surface area contributed by atoms with E-state index in [0.717, 1.165) is 13.1 Å². The zero-order valence-electron chi connectivity index (χ0n) is 11.6. The van der Waals surface area contributed by atoms with Crippen LogP contribution in [-0.4, -0.2) is 19.1 Å². The molecule has 1 aromatic rings. The highest BCUT2D eigenvalue weighted by Gasteiger charge is 2.12. The lowest BCUT2D eigenvalue weighted by Crippen LogP contribution is -2.45. The fourth-order valence-electron chi connectivity index (χ4n) is 1.72. The smallest absolute Gasteiger partial charge is 0.0246 e. The summed E-state index contributed by atoms with van der Waals surface area (Å²) in [7, 11) is 2.00. The van der Waals surface area contributed by atoms with Crippen molar-refractivity contribution < 1.29 is 0 Å². The number of aryl methyl sites for hydroxylation is 1. The molecule has 0 heterocycles. The van der Waals surface area contributed by atoms with E-state index >= 15 is 0 Å². The van der Waals surface area contributed by atoms with Crippen LogP contribution in [0.3, 0.4) is 0 Å². The third-order valence-corrected chi connectivity index (χ3v) is 3.13. The molecule has 0 saturated heterocycles. The minimum atomic E-state index is 0.155. The van der Waals surface area contributed by atoms with E-state index < -0.39 is 0 Å². The summed E-state index contributed by atoms with van der Waals surface area (Å²) in [5, 5.41) is 6.77. The van der Waals surface area contributed by atoms with E-state index in [2.05, 4.69) is 55.7 Å². The largest absolute Gasteiger partial charge is 0.314 e. The summed E-state index contributed by atoms with van der Waals surface area (Å²) in [5.41, 5.74) is 2.95. The lowest BCUT2D eigenvalue weighted by atomic mass is 10.1. The summed E-state index contributed by atoms with van der Waals surface area (Å²) >= 11 is 0. The van der Waals surface area contributed by atoms with E-state index in [1.165, 1.54) is 24.0 Å². The Kier molecular flexibility index (Phi) is 5.66. The Bertz CT molecular complexity index is 314. The standard InChI is InChI=1S/C15H26N2/c1-5-6-13-7-9-14(10-8-13)11-17-12-15(2,3)16-4/h7-10,16-17H,5-6,11-12H2,1-4H3. The van der Waals surface area contributed by atoms with E-state index in [1.807, 2.05) is 7.05 Å². The number of hydrogen-bond donors (Lipinski definition) is 2. The molecular formula is C15H26N2. The Hall–Kier alpha value is -0.860. The fourth-order valence-corrected chi connectivity index (χ4v) is 1.72. The number of hydrogen-bond acceptors (Lipinski definition) is 2. The maximum atomic E-state index is 3.48. The lowest BCUT2D eigenvalue weighted by molar-refractivity contribution is 0.393. The molecule has 0 aliphatic heterocycles. The molecule has 0 atom stereocenters. The number of rotatable bonds is 7. The maximum absolute atomic E-state index is 3.48. The van der Waals surface area contributed by atoms with E-state index in [9.17, 15) is 0 Å². The van der Waals surface area contributed by atoms with Gasteiger partial charge in [-0.1, -0.05) is 37.6 Å². The molecule has 0 unspecified atom stereocenters. The SMILES string of the molecule is CCCc1ccc(CNCC(C)(C)NC)cc1. The van der Waals surface area contributed by atoms with Crippen molar-refractivity contribution in [1.82, 2.24) is 10.6 Å². The normalized spacial score (nSPS) is 11.8. The average molecular weight is 234 g/mol. The van der Waals surface area contributed by atoms with Crippen LogP contribution in [0.25, 0.3) is 0 Å². The molecule has 0 aliphatic rings. The molecule has 2 nitrogen and oxygen atoms in total. The molecule has 2 heteroatoms. The Labute approximate surface area is 106 Å². The summed E-state index contributed by atoms with van der Waals surface area (Å²) in [6, 6.07) is 8.93. The van der Waals surface area contributed by atoms with Crippen LogP contribution >= 0.6 is 0 Å². The summed E-state index contributed by atoms with van der Waals surface area (Å²) in [5.74, 6) is 0. The molecule has 0 aromatic heterocycles. The van der Waals surface area contributed by atoms with Gasteiger partial charge in [0.15, 0.2) is 0 Å². The van der Waals surface area contributed by atoms with Gasteiger partial charge in [-0.2, -0.15) is 0 Å². The third kappa shape index (κ3) is 5.33. The van der Waals surface area contributed by atoms with Crippen LogP contribution in [0, 0.1) is 0 Å². The highest BCUT2D eigenvalue weighted by atomic mass is 15.0. The fraction of sp³-hybridized carbons (Fsp3) is 0.600. The van der Waals surface area contributed by atoms with Crippen LogP contribution in [0.2, 0.25) is 0 Å². The summed E-state index contributed by atoms with van der Waals surface area (Å²) in [6.45, 7) is 8.53. The van der Waals surface area contributed by atoms with Crippen molar-refractivity contribution in [1.29, 1.82) is 0 Å². The Balaban J connectivity index is 2.37. The van der Waals surface area contributed by atoms with Gasteiger partial charge in [0.1, 0.15) is 0 Å².